The molecule has 1 fully saturated rings. The van der Waals surface area contributed by atoms with E-state index in [0.29, 0.717) is 11.5 Å². The number of ether oxygens (including phenoxy) is 1. The number of hydrogen-bond acceptors (Lipinski definition) is 2. The third-order valence-corrected chi connectivity index (χ3v) is 3.59. The van der Waals surface area contributed by atoms with Gasteiger partial charge in [-0.2, -0.15) is 0 Å². The zero-order chi connectivity index (χ0) is 11.6. The number of hydrogen-bond donors (Lipinski definition) is 1. The van der Waals surface area contributed by atoms with Crippen LogP contribution < -0.4 is 10.1 Å². The fourth-order valence-electron chi connectivity index (χ4n) is 2.33. The third-order valence-electron chi connectivity index (χ3n) is 3.59. The van der Waals surface area contributed by atoms with E-state index in [-0.39, 0.29) is 0 Å². The molecule has 0 spiro atoms. The second kappa shape index (κ2) is 4.46. The Labute approximate surface area is 98.0 Å². The monoisotopic (exact) mass is 219 g/mol. The van der Waals surface area contributed by atoms with Crippen LogP contribution in [0.2, 0.25) is 0 Å². The van der Waals surface area contributed by atoms with Crippen molar-refractivity contribution in [3.8, 4) is 5.75 Å². The Bertz CT molecular complexity index is 358. The zero-order valence-electron chi connectivity index (χ0n) is 10.4. The van der Waals surface area contributed by atoms with Gasteiger partial charge in [0.25, 0.3) is 0 Å². The fraction of sp³-hybridized carbons (Fsp3) is 0.571. The van der Waals surface area contributed by atoms with E-state index in [0.717, 1.165) is 12.3 Å². The topological polar surface area (TPSA) is 21.3 Å². The molecule has 1 aromatic rings. The van der Waals surface area contributed by atoms with Crippen LogP contribution >= 0.6 is 0 Å². The summed E-state index contributed by atoms with van der Waals surface area (Å²) in [7, 11) is 1.75. The van der Waals surface area contributed by atoms with Crippen LogP contribution in [0, 0.1) is 5.41 Å². The zero-order valence-corrected chi connectivity index (χ0v) is 10.4. The molecule has 1 unspecified atom stereocenters. The fourth-order valence-corrected chi connectivity index (χ4v) is 2.33. The van der Waals surface area contributed by atoms with Gasteiger partial charge in [-0.3, -0.25) is 0 Å². The smallest absolute Gasteiger partial charge is 0.123 e. The standard InChI is InChI=1S/C14H21NO/c1-4-15-13(14(2)9-10-14)11-7-5-6-8-12(11)16-3/h5-8,13,15H,4,9-10H2,1-3H3. The van der Waals surface area contributed by atoms with Crippen LogP contribution in [0.25, 0.3) is 0 Å². The summed E-state index contributed by atoms with van der Waals surface area (Å²) in [5.74, 6) is 1.00. The van der Waals surface area contributed by atoms with E-state index in [1.165, 1.54) is 18.4 Å². The Morgan fingerprint density at radius 1 is 1.38 bits per heavy atom. The lowest BCUT2D eigenvalue weighted by molar-refractivity contribution is 0.347. The van der Waals surface area contributed by atoms with Crippen molar-refractivity contribution in [2.45, 2.75) is 32.7 Å². The predicted molar refractivity (Wildman–Crippen MR) is 66.8 cm³/mol. The first-order valence-electron chi connectivity index (χ1n) is 6.07. The average molecular weight is 219 g/mol. The van der Waals surface area contributed by atoms with Crippen molar-refractivity contribution in [3.63, 3.8) is 0 Å². The summed E-state index contributed by atoms with van der Waals surface area (Å²) in [6, 6.07) is 8.77. The Morgan fingerprint density at radius 2 is 2.06 bits per heavy atom. The maximum Gasteiger partial charge on any atom is 0.123 e. The molecule has 2 rings (SSSR count). The van der Waals surface area contributed by atoms with E-state index in [1.807, 2.05) is 12.1 Å². The first kappa shape index (κ1) is 11.5. The minimum atomic E-state index is 0.421. The average Bonchev–Trinajstić information content (AvgIpc) is 3.05. The molecule has 0 radical (unpaired) electrons. The number of nitrogens with one attached hydrogen (secondary N) is 1. The summed E-state index contributed by atoms with van der Waals surface area (Å²) in [6.45, 7) is 5.51. The Kier molecular flexibility index (Phi) is 3.20. The number of benzene rings is 1. The molecule has 0 aromatic heterocycles. The Hall–Kier alpha value is -1.02. The van der Waals surface area contributed by atoms with Gasteiger partial charge in [0.05, 0.1) is 7.11 Å². The second-order valence-electron chi connectivity index (χ2n) is 4.89. The van der Waals surface area contributed by atoms with Crippen molar-refractivity contribution in [1.29, 1.82) is 0 Å². The lowest BCUT2D eigenvalue weighted by atomic mass is 9.91. The highest BCUT2D eigenvalue weighted by atomic mass is 16.5. The highest BCUT2D eigenvalue weighted by Crippen LogP contribution is 2.55. The maximum absolute atomic E-state index is 5.46. The van der Waals surface area contributed by atoms with Gasteiger partial charge in [0.1, 0.15) is 5.75 Å². The molecule has 0 saturated heterocycles. The van der Waals surface area contributed by atoms with E-state index in [9.17, 15) is 0 Å². The van der Waals surface area contributed by atoms with Crippen molar-refractivity contribution in [2.75, 3.05) is 13.7 Å². The molecule has 1 aliphatic carbocycles. The Morgan fingerprint density at radius 3 is 2.62 bits per heavy atom. The summed E-state index contributed by atoms with van der Waals surface area (Å²) < 4.78 is 5.46. The molecule has 16 heavy (non-hydrogen) atoms. The lowest BCUT2D eigenvalue weighted by Gasteiger charge is -2.26. The van der Waals surface area contributed by atoms with Crippen molar-refractivity contribution in [3.05, 3.63) is 29.8 Å². The summed E-state index contributed by atoms with van der Waals surface area (Å²) in [4.78, 5) is 0. The quantitative estimate of drug-likeness (QED) is 0.821. The summed E-state index contributed by atoms with van der Waals surface area (Å²) >= 11 is 0. The van der Waals surface area contributed by atoms with E-state index in [1.54, 1.807) is 7.11 Å². The minimum absolute atomic E-state index is 0.421. The number of rotatable bonds is 5. The van der Waals surface area contributed by atoms with Gasteiger partial charge in [-0.15, -0.1) is 0 Å². The van der Waals surface area contributed by atoms with Crippen molar-refractivity contribution >= 4 is 0 Å². The molecular weight excluding hydrogens is 198 g/mol. The number of methoxy groups -OCH3 is 1. The molecular formula is C14H21NO. The summed E-state index contributed by atoms with van der Waals surface area (Å²) in [5.41, 5.74) is 1.72. The first-order valence-corrected chi connectivity index (χ1v) is 6.07. The molecule has 0 amide bonds. The van der Waals surface area contributed by atoms with Crippen LogP contribution in [0.1, 0.15) is 38.3 Å². The van der Waals surface area contributed by atoms with E-state index in [4.69, 9.17) is 4.74 Å². The molecule has 0 heterocycles. The van der Waals surface area contributed by atoms with Gasteiger partial charge in [0, 0.05) is 11.6 Å². The molecule has 88 valence electrons. The van der Waals surface area contributed by atoms with Crippen LogP contribution in [0.5, 0.6) is 5.75 Å². The SMILES string of the molecule is CCNC(c1ccccc1OC)C1(C)CC1. The largest absolute Gasteiger partial charge is 0.496 e. The highest BCUT2D eigenvalue weighted by molar-refractivity contribution is 5.38. The summed E-state index contributed by atoms with van der Waals surface area (Å²) in [5, 5.41) is 3.60. The van der Waals surface area contributed by atoms with Crippen molar-refractivity contribution in [1.82, 2.24) is 5.32 Å². The van der Waals surface area contributed by atoms with E-state index >= 15 is 0 Å². The van der Waals surface area contributed by atoms with Crippen molar-refractivity contribution < 1.29 is 4.74 Å². The van der Waals surface area contributed by atoms with E-state index < -0.39 is 0 Å². The van der Waals surface area contributed by atoms with Crippen LogP contribution in [-0.2, 0) is 0 Å². The highest BCUT2D eigenvalue weighted by Gasteiger charge is 2.45. The van der Waals surface area contributed by atoms with Gasteiger partial charge < -0.3 is 10.1 Å². The maximum atomic E-state index is 5.46. The molecule has 1 aliphatic rings. The molecule has 0 bridgehead atoms. The molecule has 0 aliphatic heterocycles. The second-order valence-corrected chi connectivity index (χ2v) is 4.89. The van der Waals surface area contributed by atoms with Crippen LogP contribution in [0.4, 0.5) is 0 Å². The predicted octanol–water partition coefficient (Wildman–Crippen LogP) is 3.15. The van der Waals surface area contributed by atoms with Gasteiger partial charge in [-0.1, -0.05) is 32.0 Å². The molecule has 2 heteroatoms. The van der Waals surface area contributed by atoms with Crippen LogP contribution in [0.3, 0.4) is 0 Å². The minimum Gasteiger partial charge on any atom is -0.496 e. The van der Waals surface area contributed by atoms with Crippen LogP contribution in [0.15, 0.2) is 24.3 Å². The van der Waals surface area contributed by atoms with Gasteiger partial charge in [-0.25, -0.2) is 0 Å². The third kappa shape index (κ3) is 2.07. The molecule has 1 saturated carbocycles. The first-order chi connectivity index (χ1) is 7.71. The molecule has 1 atom stereocenters. The molecule has 1 aromatic carbocycles. The van der Waals surface area contributed by atoms with E-state index in [2.05, 4.69) is 31.3 Å². The lowest BCUT2D eigenvalue weighted by Crippen LogP contribution is -2.28. The number of para-hydroxylation sites is 1. The van der Waals surface area contributed by atoms with Gasteiger partial charge >= 0.3 is 0 Å². The molecule has 2 nitrogen and oxygen atoms in total. The summed E-state index contributed by atoms with van der Waals surface area (Å²) in [6.07, 6.45) is 2.62. The Balaban J connectivity index is 2.31. The van der Waals surface area contributed by atoms with Crippen molar-refractivity contribution in [2.24, 2.45) is 5.41 Å². The van der Waals surface area contributed by atoms with Gasteiger partial charge in [0.15, 0.2) is 0 Å². The molecule has 1 N–H and O–H groups in total. The van der Waals surface area contributed by atoms with Gasteiger partial charge in [-0.05, 0) is 30.9 Å². The van der Waals surface area contributed by atoms with Crippen LogP contribution in [-0.4, -0.2) is 13.7 Å². The van der Waals surface area contributed by atoms with Gasteiger partial charge in [0.2, 0.25) is 0 Å². The normalized spacial score (nSPS) is 19.2.